The molecular formula is C61H74ClN7O8. The van der Waals surface area contributed by atoms with Crippen molar-refractivity contribution in [2.75, 3.05) is 33.0 Å². The summed E-state index contributed by atoms with van der Waals surface area (Å²) in [5.74, 6) is 0.490. The molecule has 2 aromatic heterocycles. The van der Waals surface area contributed by atoms with E-state index in [2.05, 4.69) is 76.1 Å². The van der Waals surface area contributed by atoms with Gasteiger partial charge < -0.3 is 34.9 Å². The summed E-state index contributed by atoms with van der Waals surface area (Å²) in [6, 6.07) is 21.7. The summed E-state index contributed by atoms with van der Waals surface area (Å²) in [7, 11) is 0. The number of allylic oxidation sites excluding steroid dienone is 4. The summed E-state index contributed by atoms with van der Waals surface area (Å²) in [6.45, 7) is 18.7. The van der Waals surface area contributed by atoms with Crippen molar-refractivity contribution in [1.82, 2.24) is 30.4 Å². The maximum absolute atomic E-state index is 14.2. The van der Waals surface area contributed by atoms with Gasteiger partial charge in [0.25, 0.3) is 0 Å². The number of Topliss-reactive ketones (excluding diaryl/α,β-unsaturated/α-hetero) is 2. The van der Waals surface area contributed by atoms with E-state index in [9.17, 15) is 24.3 Å². The number of fused-ring (bicyclic) bond motifs is 3. The summed E-state index contributed by atoms with van der Waals surface area (Å²) < 4.78 is 19.3. The quantitative estimate of drug-likeness (QED) is 0.0457. The molecule has 8 rings (SSSR count). The molecule has 3 heterocycles. The molecule has 7 atom stereocenters. The number of aryl methyl sites for hydroxylation is 2. The number of nitrogens with zero attached hydrogens (tertiary/aromatic N) is 4. The van der Waals surface area contributed by atoms with Crippen molar-refractivity contribution < 1.29 is 38.5 Å². The average Bonchev–Trinajstić information content (AvgIpc) is 4.29. The van der Waals surface area contributed by atoms with Gasteiger partial charge in [-0.3, -0.25) is 28.7 Å². The molecule has 4 N–H and O–H groups in total. The van der Waals surface area contributed by atoms with E-state index in [0.717, 1.165) is 51.5 Å². The molecule has 2 aliphatic carbocycles. The number of carbonyl (C=O) groups excluding carboxylic acids is 4. The molecule has 0 spiro atoms. The number of carbonyl (C=O) groups is 4. The van der Waals surface area contributed by atoms with Gasteiger partial charge in [-0.1, -0.05) is 100.0 Å². The first-order valence-electron chi connectivity index (χ1n) is 26.9. The van der Waals surface area contributed by atoms with Crippen LogP contribution < -0.4 is 15.4 Å². The molecule has 5 aromatic rings. The molecule has 2 amide bonds. The number of aromatic nitrogens is 4. The summed E-state index contributed by atoms with van der Waals surface area (Å²) in [4.78, 5) is 63.6. The number of ether oxygens (including phenoxy) is 3. The number of aliphatic hydroxyl groups is 1. The topological polar surface area (TPSA) is 199 Å². The summed E-state index contributed by atoms with van der Waals surface area (Å²) in [6.07, 6.45) is 5.80. The number of nitrogens with one attached hydrogen (secondary N) is 3. The molecule has 16 heteroatoms. The zero-order valence-electron chi connectivity index (χ0n) is 45.9. The first kappa shape index (κ1) is 56.7. The highest BCUT2D eigenvalue weighted by molar-refractivity contribution is 6.30. The van der Waals surface area contributed by atoms with Gasteiger partial charge in [-0.25, -0.2) is 0 Å². The summed E-state index contributed by atoms with van der Waals surface area (Å²) in [5.41, 5.74) is 9.69. The second-order valence-corrected chi connectivity index (χ2v) is 22.5. The van der Waals surface area contributed by atoms with Crippen LogP contribution in [0.5, 0.6) is 5.75 Å². The number of benzene rings is 3. The number of aliphatic hydroxyl groups excluding tert-OH is 1. The maximum Gasteiger partial charge on any atom is 0.246 e. The van der Waals surface area contributed by atoms with Crippen LogP contribution in [0.2, 0.25) is 5.02 Å². The number of aliphatic imine (C=N–C) groups is 1. The second kappa shape index (κ2) is 24.9. The van der Waals surface area contributed by atoms with E-state index in [4.69, 9.17) is 30.8 Å². The van der Waals surface area contributed by atoms with Crippen LogP contribution in [0.1, 0.15) is 149 Å². The molecule has 1 fully saturated rings. The lowest BCUT2D eigenvalue weighted by atomic mass is 9.75. The van der Waals surface area contributed by atoms with Crippen LogP contribution in [-0.2, 0) is 28.7 Å². The van der Waals surface area contributed by atoms with Gasteiger partial charge in [-0.05, 0) is 123 Å². The van der Waals surface area contributed by atoms with Gasteiger partial charge in [0.1, 0.15) is 35.8 Å². The van der Waals surface area contributed by atoms with E-state index in [1.54, 1.807) is 0 Å². The van der Waals surface area contributed by atoms with Crippen molar-refractivity contribution in [3.8, 4) is 11.6 Å². The Morgan fingerprint density at radius 1 is 0.818 bits per heavy atom. The van der Waals surface area contributed by atoms with Crippen molar-refractivity contribution in [1.29, 1.82) is 0 Å². The van der Waals surface area contributed by atoms with Crippen LogP contribution in [0.25, 0.3) is 11.4 Å². The van der Waals surface area contributed by atoms with Gasteiger partial charge in [0.2, 0.25) is 11.8 Å². The Labute approximate surface area is 457 Å². The molecular weight excluding hydrogens is 994 g/mol. The Hall–Kier alpha value is -6.52. The number of halogens is 1. The monoisotopic (exact) mass is 1070 g/mol. The number of ketones is 2. The predicted octanol–water partition coefficient (Wildman–Crippen LogP) is 10.1. The van der Waals surface area contributed by atoms with Crippen molar-refractivity contribution in [3.63, 3.8) is 0 Å². The third kappa shape index (κ3) is 13.6. The van der Waals surface area contributed by atoms with E-state index >= 15 is 0 Å². The van der Waals surface area contributed by atoms with E-state index in [1.807, 2.05) is 102 Å². The predicted molar refractivity (Wildman–Crippen MR) is 299 cm³/mol. The van der Waals surface area contributed by atoms with Crippen LogP contribution in [0.4, 0.5) is 0 Å². The molecule has 4 unspecified atom stereocenters. The Morgan fingerprint density at radius 2 is 1.49 bits per heavy atom. The van der Waals surface area contributed by atoms with Crippen molar-refractivity contribution in [3.05, 3.63) is 146 Å². The minimum atomic E-state index is -0.874. The van der Waals surface area contributed by atoms with E-state index < -0.39 is 41.3 Å². The fourth-order valence-corrected chi connectivity index (χ4v) is 10.9. The van der Waals surface area contributed by atoms with Gasteiger partial charge >= 0.3 is 0 Å². The number of hydrogen-bond donors (Lipinski definition) is 4. The summed E-state index contributed by atoms with van der Waals surface area (Å²) in [5, 5.41) is 26.3. The molecule has 15 nitrogen and oxygen atoms in total. The Balaban J connectivity index is 0.739. The van der Waals surface area contributed by atoms with Crippen molar-refractivity contribution >= 4 is 46.3 Å². The average molecular weight is 1070 g/mol. The third-order valence-corrected chi connectivity index (χ3v) is 15.5. The lowest BCUT2D eigenvalue weighted by molar-refractivity contribution is -0.137. The van der Waals surface area contributed by atoms with Gasteiger partial charge in [0.05, 0.1) is 50.1 Å². The fraction of sp³-hybridized carbons (Fsp3) is 0.459. The Bertz CT molecular complexity index is 3020. The Kier molecular flexibility index (Phi) is 18.3. The minimum absolute atomic E-state index is 0.0407. The second-order valence-electron chi connectivity index (χ2n) is 22.0. The smallest absolute Gasteiger partial charge is 0.246 e. The van der Waals surface area contributed by atoms with Crippen LogP contribution in [0, 0.1) is 38.0 Å². The standard InChI is InChI=1S/C61H74ClN7O8/c1-35-12-10-13-48(35)43-16-14-41(15-17-43)36(2)30-52(71)49-31-46(70)32-50(49)57(74)58(61(7,8)9)66-54(73)34-76-29-28-75-26-11-27-77-47-24-20-42(21-25-47)39(5)63-53(72)33-51-59-68-67-40(6)69(59)60-55(37(3)38(4)64-60)56(65-51)44-18-22-45(62)23-19-44/h10,12,14-25,36,39,46,49-51,58,64,70H,11,13,26-34H2,1-9H3,(H,63,72)(H,66,73)/t36-,39+,46?,49?,50?,51?,58-/m1/s1. The zero-order valence-corrected chi connectivity index (χ0v) is 46.6. The lowest BCUT2D eigenvalue weighted by Gasteiger charge is -2.33. The lowest BCUT2D eigenvalue weighted by Crippen LogP contribution is -2.53. The van der Waals surface area contributed by atoms with Crippen molar-refractivity contribution in [2.24, 2.45) is 22.2 Å². The first-order chi connectivity index (χ1) is 36.8. The molecule has 0 radical (unpaired) electrons. The fourth-order valence-electron chi connectivity index (χ4n) is 10.8. The van der Waals surface area contributed by atoms with Crippen molar-refractivity contribution in [2.45, 2.75) is 131 Å². The molecule has 3 aromatic carbocycles. The van der Waals surface area contributed by atoms with Gasteiger partial charge in [-0.15, -0.1) is 10.2 Å². The minimum Gasteiger partial charge on any atom is -0.494 e. The largest absolute Gasteiger partial charge is 0.494 e. The molecule has 1 saturated carbocycles. The van der Waals surface area contributed by atoms with Crippen LogP contribution in [0.3, 0.4) is 0 Å². The van der Waals surface area contributed by atoms with Gasteiger partial charge in [0.15, 0.2) is 11.6 Å². The third-order valence-electron chi connectivity index (χ3n) is 15.2. The number of H-pyrrole nitrogens is 1. The number of hydrogen-bond acceptors (Lipinski definition) is 11. The molecule has 1 aliphatic heterocycles. The number of rotatable bonds is 23. The highest BCUT2D eigenvalue weighted by Crippen LogP contribution is 2.40. The molecule has 77 heavy (non-hydrogen) atoms. The number of aromatic amines is 1. The molecule has 3 aliphatic rings. The number of amides is 2. The van der Waals surface area contributed by atoms with Crippen LogP contribution >= 0.6 is 11.6 Å². The maximum atomic E-state index is 14.2. The van der Waals surface area contributed by atoms with Crippen LogP contribution in [-0.4, -0.2) is 99.1 Å². The molecule has 0 saturated heterocycles. The van der Waals surface area contributed by atoms with Gasteiger partial charge in [0, 0.05) is 53.1 Å². The van der Waals surface area contributed by atoms with Crippen LogP contribution in [0.15, 0.2) is 95.5 Å². The van der Waals surface area contributed by atoms with E-state index in [-0.39, 0.29) is 74.9 Å². The molecule has 408 valence electrons. The Morgan fingerprint density at radius 3 is 2.18 bits per heavy atom. The first-order valence-corrected chi connectivity index (χ1v) is 27.3. The van der Waals surface area contributed by atoms with E-state index in [1.165, 1.54) is 16.7 Å². The normalized spacial score (nSPS) is 19.2. The highest BCUT2D eigenvalue weighted by Gasteiger charge is 2.47. The van der Waals surface area contributed by atoms with Gasteiger partial charge in [-0.2, -0.15) is 0 Å². The SMILES string of the molecule is CC1=C(c2ccc([C@H](C)CC(=O)C3CC(O)CC3C(=O)[C@@H](NC(=O)COCCOCCCOc3ccc([C@H](C)NC(=O)CC4N=C(c5ccc(Cl)cc5)c5c([nH]c(C)c5C)-n5c(C)nnc54)cc3)C(C)(C)C)cc2)CC=C1. The zero-order chi connectivity index (χ0) is 55.1. The molecule has 0 bridgehead atoms. The summed E-state index contributed by atoms with van der Waals surface area (Å²) >= 11 is 6.26. The highest BCUT2D eigenvalue weighted by atomic mass is 35.5. The van der Waals surface area contributed by atoms with E-state index in [0.29, 0.717) is 42.1 Å².